The van der Waals surface area contributed by atoms with Crippen LogP contribution < -0.4 is 0 Å². The van der Waals surface area contributed by atoms with Crippen LogP contribution in [-0.4, -0.2) is 97.2 Å². The number of carbonyl (C=O) groups is 2. The fraction of sp³-hybridized carbons (Fsp3) is 0.333. The van der Waals surface area contributed by atoms with Gasteiger partial charge in [0.2, 0.25) is 11.5 Å². The first-order chi connectivity index (χ1) is 16.5. The zero-order valence-electron chi connectivity index (χ0n) is 17.8. The van der Waals surface area contributed by atoms with Crippen molar-refractivity contribution >= 4 is 11.9 Å². The number of esters is 2. The van der Waals surface area contributed by atoms with Crippen molar-refractivity contribution < 1.29 is 69.4 Å². The number of ether oxygens (including phenoxy) is 4. The Morgan fingerprint density at radius 3 is 1.83 bits per heavy atom. The Bertz CT molecular complexity index is 1210. The molecule has 0 bridgehead atoms. The van der Waals surface area contributed by atoms with Crippen LogP contribution in [0.15, 0.2) is 12.1 Å². The van der Waals surface area contributed by atoms with Crippen molar-refractivity contribution in [3.05, 3.63) is 23.3 Å². The molecule has 14 heteroatoms. The minimum Gasteiger partial charge on any atom is -0.504 e. The van der Waals surface area contributed by atoms with Gasteiger partial charge >= 0.3 is 11.9 Å². The minimum absolute atomic E-state index is 0.628. The average Bonchev–Trinajstić information content (AvgIpc) is 2.84. The first-order valence-corrected chi connectivity index (χ1v) is 9.96. The van der Waals surface area contributed by atoms with E-state index in [-0.39, 0.29) is 0 Å². The summed E-state index contributed by atoms with van der Waals surface area (Å²) in [6, 6.07) is 1.29. The summed E-state index contributed by atoms with van der Waals surface area (Å²) >= 11 is 0. The van der Waals surface area contributed by atoms with Gasteiger partial charge in [0.25, 0.3) is 0 Å². The van der Waals surface area contributed by atoms with Crippen molar-refractivity contribution in [2.45, 2.75) is 30.7 Å². The third-order valence-electron chi connectivity index (χ3n) is 5.69. The molecule has 2 aliphatic rings. The monoisotopic (exact) mass is 496 g/mol. The van der Waals surface area contributed by atoms with E-state index >= 15 is 0 Å². The molecule has 14 nitrogen and oxygen atoms in total. The molecule has 35 heavy (non-hydrogen) atoms. The maximum atomic E-state index is 13.1. The fourth-order valence-electron chi connectivity index (χ4n) is 3.92. The number of fused-ring (bicyclic) bond motifs is 4. The van der Waals surface area contributed by atoms with Crippen LogP contribution in [0, 0.1) is 0 Å². The van der Waals surface area contributed by atoms with Crippen LogP contribution in [0.4, 0.5) is 0 Å². The molecule has 2 aromatic rings. The highest BCUT2D eigenvalue weighted by Gasteiger charge is 2.48. The van der Waals surface area contributed by atoms with Gasteiger partial charge in [-0.3, -0.25) is 0 Å². The van der Waals surface area contributed by atoms with Crippen LogP contribution in [0.3, 0.4) is 0 Å². The summed E-state index contributed by atoms with van der Waals surface area (Å²) < 4.78 is 20.8. The third kappa shape index (κ3) is 3.77. The van der Waals surface area contributed by atoms with Crippen molar-refractivity contribution in [2.24, 2.45) is 0 Å². The lowest BCUT2D eigenvalue weighted by molar-refractivity contribution is -0.293. The van der Waals surface area contributed by atoms with E-state index in [9.17, 15) is 50.4 Å². The van der Waals surface area contributed by atoms with Crippen molar-refractivity contribution in [1.29, 1.82) is 0 Å². The van der Waals surface area contributed by atoms with Gasteiger partial charge in [0.15, 0.2) is 35.4 Å². The molecule has 8 N–H and O–H groups in total. The maximum Gasteiger partial charge on any atom is 0.339 e. The average molecular weight is 496 g/mol. The van der Waals surface area contributed by atoms with Crippen molar-refractivity contribution in [2.75, 3.05) is 13.7 Å². The van der Waals surface area contributed by atoms with Crippen LogP contribution in [0.5, 0.6) is 34.5 Å². The summed E-state index contributed by atoms with van der Waals surface area (Å²) in [5.74, 6) is -9.31. The molecular formula is C21H20O14. The van der Waals surface area contributed by atoms with Gasteiger partial charge in [-0.2, -0.15) is 0 Å². The van der Waals surface area contributed by atoms with E-state index in [4.69, 9.17) is 18.9 Å². The van der Waals surface area contributed by atoms with Crippen molar-refractivity contribution in [1.82, 2.24) is 0 Å². The molecule has 0 aliphatic carbocycles. The summed E-state index contributed by atoms with van der Waals surface area (Å²) in [4.78, 5) is 26.1. The Labute approximate surface area is 195 Å². The zero-order chi connectivity index (χ0) is 25.8. The summed E-state index contributed by atoms with van der Waals surface area (Å²) in [5.41, 5.74) is -2.97. The molecule has 0 aromatic heterocycles. The summed E-state index contributed by atoms with van der Waals surface area (Å²) in [6.45, 7) is -0.693. The molecule has 0 spiro atoms. The first kappa shape index (κ1) is 24.2. The predicted molar refractivity (Wildman–Crippen MR) is 109 cm³/mol. The Hall–Kier alpha value is -3.98. The summed E-state index contributed by atoms with van der Waals surface area (Å²) in [5, 5.41) is 81.8. The van der Waals surface area contributed by atoms with Gasteiger partial charge in [-0.25, -0.2) is 9.59 Å². The zero-order valence-corrected chi connectivity index (χ0v) is 17.8. The fourth-order valence-corrected chi connectivity index (χ4v) is 3.92. The standard InChI is InChI=1S/C21H20O14/c1-32-21-17(29)16(28)18-9(34-21)4-33-19(30)5-2-7(22)12(24)14(26)10(5)11-6(20(31)35-18)3-8(23)13(25)15(11)27/h2-3,9,16-18,21-29H,4H2,1H3/t9?,16-,17?,18-,21+/m1/s1. The van der Waals surface area contributed by atoms with E-state index < -0.39 is 106 Å². The Morgan fingerprint density at radius 1 is 0.800 bits per heavy atom. The van der Waals surface area contributed by atoms with E-state index in [2.05, 4.69) is 0 Å². The second kappa shape index (κ2) is 8.66. The molecule has 2 unspecified atom stereocenters. The maximum absolute atomic E-state index is 13.1. The molecule has 2 aromatic carbocycles. The second-order valence-corrected chi connectivity index (χ2v) is 7.76. The van der Waals surface area contributed by atoms with Gasteiger partial charge in [-0.15, -0.1) is 0 Å². The first-order valence-electron chi connectivity index (χ1n) is 9.96. The number of aliphatic hydroxyl groups excluding tert-OH is 2. The number of hydrogen-bond donors (Lipinski definition) is 8. The normalized spacial score (nSPS) is 26.4. The molecule has 2 aliphatic heterocycles. The molecule has 188 valence electrons. The van der Waals surface area contributed by atoms with Crippen LogP contribution in [0.2, 0.25) is 0 Å². The summed E-state index contributed by atoms with van der Waals surface area (Å²) in [6.07, 6.45) is -7.97. The van der Waals surface area contributed by atoms with Gasteiger partial charge in [-0.1, -0.05) is 0 Å². The van der Waals surface area contributed by atoms with E-state index in [0.29, 0.717) is 12.1 Å². The second-order valence-electron chi connectivity index (χ2n) is 7.76. The SMILES string of the molecule is CO[C@H]1OC2COC(=O)c3cc(O)c(O)c(O)c3-c3c(cc(O)c(O)c3O)C(=O)O[C@H]2[C@H](O)C1O. The number of phenolic OH excluding ortho intramolecular Hbond substituents is 6. The van der Waals surface area contributed by atoms with Crippen molar-refractivity contribution in [3.63, 3.8) is 0 Å². The van der Waals surface area contributed by atoms with Crippen LogP contribution in [0.1, 0.15) is 20.7 Å². The Balaban J connectivity index is 1.99. The Morgan fingerprint density at radius 2 is 1.31 bits per heavy atom. The largest absolute Gasteiger partial charge is 0.504 e. The number of aromatic hydroxyl groups is 6. The quantitative estimate of drug-likeness (QED) is 0.182. The van der Waals surface area contributed by atoms with E-state index in [0.717, 1.165) is 7.11 Å². The smallest absolute Gasteiger partial charge is 0.339 e. The number of methoxy groups -OCH3 is 1. The number of rotatable bonds is 1. The van der Waals surface area contributed by atoms with Gasteiger partial charge in [0, 0.05) is 18.2 Å². The van der Waals surface area contributed by atoms with Gasteiger partial charge in [-0.05, 0) is 12.1 Å². The van der Waals surface area contributed by atoms with Crippen molar-refractivity contribution in [3.8, 4) is 45.6 Å². The number of aliphatic hydroxyl groups is 2. The van der Waals surface area contributed by atoms with Gasteiger partial charge in [0.05, 0.1) is 11.1 Å². The van der Waals surface area contributed by atoms with Crippen LogP contribution in [0.25, 0.3) is 11.1 Å². The molecule has 1 saturated heterocycles. The molecule has 0 amide bonds. The van der Waals surface area contributed by atoms with E-state index in [1.54, 1.807) is 0 Å². The number of carbonyl (C=O) groups excluding carboxylic acids is 2. The number of cyclic esters (lactones) is 1. The molecule has 5 atom stereocenters. The summed E-state index contributed by atoms with van der Waals surface area (Å²) in [7, 11) is 1.16. The highest BCUT2D eigenvalue weighted by atomic mass is 16.7. The molecule has 4 rings (SSSR count). The number of benzene rings is 2. The topological polar surface area (TPSA) is 233 Å². The van der Waals surface area contributed by atoms with Gasteiger partial charge in [0.1, 0.15) is 24.9 Å². The Kier molecular flexibility index (Phi) is 5.98. The van der Waals surface area contributed by atoms with Crippen LogP contribution >= 0.6 is 0 Å². The number of hydrogen-bond acceptors (Lipinski definition) is 14. The van der Waals surface area contributed by atoms with E-state index in [1.165, 1.54) is 0 Å². The minimum atomic E-state index is -1.81. The highest BCUT2D eigenvalue weighted by molar-refractivity contribution is 6.08. The lowest BCUT2D eigenvalue weighted by Gasteiger charge is -2.41. The molecule has 0 radical (unpaired) electrons. The third-order valence-corrected chi connectivity index (χ3v) is 5.69. The predicted octanol–water partition coefficient (Wildman–Crippen LogP) is -0.624. The van der Waals surface area contributed by atoms with E-state index in [1.807, 2.05) is 0 Å². The number of phenols is 6. The molecule has 2 heterocycles. The molecule has 1 fully saturated rings. The van der Waals surface area contributed by atoms with Gasteiger partial charge < -0.3 is 59.8 Å². The highest BCUT2D eigenvalue weighted by Crippen LogP contribution is 2.52. The lowest BCUT2D eigenvalue weighted by atomic mass is 9.92. The molecular weight excluding hydrogens is 476 g/mol. The van der Waals surface area contributed by atoms with Crippen LogP contribution in [-0.2, 0) is 18.9 Å². The lowest BCUT2D eigenvalue weighted by Crippen LogP contribution is -2.60. The molecule has 0 saturated carbocycles.